The molecule has 1 aliphatic rings. The van der Waals surface area contributed by atoms with Crippen molar-refractivity contribution in [3.8, 4) is 11.1 Å². The van der Waals surface area contributed by atoms with Crippen molar-refractivity contribution < 1.29 is 0 Å². The number of allylic oxidation sites excluding steroid dienone is 1. The lowest BCUT2D eigenvalue weighted by Gasteiger charge is -2.25. The van der Waals surface area contributed by atoms with Crippen molar-refractivity contribution in [1.29, 1.82) is 0 Å². The summed E-state index contributed by atoms with van der Waals surface area (Å²) in [5.74, 6) is 0.303. The quantitative estimate of drug-likeness (QED) is 0.522. The van der Waals surface area contributed by atoms with E-state index in [9.17, 15) is 0 Å². The maximum atomic E-state index is 4.16. The molecule has 0 amide bonds. The Hall–Kier alpha value is -1.82. The molecular formula is C23H28. The molecular weight excluding hydrogens is 276 g/mol. The highest BCUT2D eigenvalue weighted by Gasteiger charge is 2.35. The Kier molecular flexibility index (Phi) is 3.55. The van der Waals surface area contributed by atoms with Gasteiger partial charge in [-0.3, -0.25) is 0 Å². The molecule has 0 heteroatoms. The summed E-state index contributed by atoms with van der Waals surface area (Å²) >= 11 is 0. The molecule has 120 valence electrons. The zero-order chi connectivity index (χ0) is 17.0. The minimum Gasteiger partial charge on any atom is -0.102 e. The molecule has 0 aromatic heterocycles. The molecule has 1 aliphatic carbocycles. The fraction of sp³-hybridized carbons (Fsp3) is 0.391. The molecule has 0 heterocycles. The normalized spacial score (nSPS) is 16.9. The zero-order valence-corrected chi connectivity index (χ0v) is 15.3. The number of rotatable bonds is 1. The molecule has 0 N–H and O–H groups in total. The van der Waals surface area contributed by atoms with Gasteiger partial charge in [0.2, 0.25) is 0 Å². The van der Waals surface area contributed by atoms with E-state index in [0.717, 1.165) is 0 Å². The second-order valence-electron chi connectivity index (χ2n) is 8.75. The van der Waals surface area contributed by atoms with Crippen LogP contribution in [-0.4, -0.2) is 0 Å². The Labute approximate surface area is 141 Å². The van der Waals surface area contributed by atoms with E-state index in [1.165, 1.54) is 33.4 Å². The van der Waals surface area contributed by atoms with Crippen molar-refractivity contribution in [2.24, 2.45) is 0 Å². The first kappa shape index (κ1) is 16.1. The SMILES string of the molecule is C=CC1c2cccc(C(C)(C)C)c2-c2cccc(C(C)(C)C)c21. The molecule has 1 unspecified atom stereocenters. The van der Waals surface area contributed by atoms with Crippen LogP contribution in [0.5, 0.6) is 0 Å². The molecule has 0 spiro atoms. The molecule has 0 saturated heterocycles. The predicted molar refractivity (Wildman–Crippen MR) is 101 cm³/mol. The van der Waals surface area contributed by atoms with Gasteiger partial charge in [-0.15, -0.1) is 6.58 Å². The number of benzene rings is 2. The summed E-state index contributed by atoms with van der Waals surface area (Å²) in [7, 11) is 0. The summed E-state index contributed by atoms with van der Waals surface area (Å²) in [6.45, 7) is 18.0. The fourth-order valence-electron chi connectivity index (χ4n) is 3.93. The van der Waals surface area contributed by atoms with Crippen molar-refractivity contribution >= 4 is 0 Å². The summed E-state index contributed by atoms with van der Waals surface area (Å²) in [6.07, 6.45) is 2.12. The van der Waals surface area contributed by atoms with Crippen LogP contribution in [0.3, 0.4) is 0 Å². The minimum absolute atomic E-state index is 0.135. The maximum Gasteiger partial charge on any atom is 0.0282 e. The highest BCUT2D eigenvalue weighted by Crippen LogP contribution is 2.52. The highest BCUT2D eigenvalue weighted by atomic mass is 14.4. The van der Waals surface area contributed by atoms with E-state index in [1.54, 1.807) is 0 Å². The van der Waals surface area contributed by atoms with Crippen LogP contribution in [0.1, 0.15) is 69.7 Å². The third kappa shape index (κ3) is 2.45. The smallest absolute Gasteiger partial charge is 0.0282 e. The van der Waals surface area contributed by atoms with Crippen LogP contribution < -0.4 is 0 Å². The van der Waals surface area contributed by atoms with Crippen molar-refractivity contribution in [2.45, 2.75) is 58.3 Å². The lowest BCUT2D eigenvalue weighted by molar-refractivity contribution is 0.583. The van der Waals surface area contributed by atoms with Crippen molar-refractivity contribution in [3.63, 3.8) is 0 Å². The van der Waals surface area contributed by atoms with Crippen molar-refractivity contribution in [3.05, 3.63) is 71.3 Å². The van der Waals surface area contributed by atoms with Gasteiger partial charge in [-0.1, -0.05) is 84.0 Å². The molecule has 0 aliphatic heterocycles. The summed E-state index contributed by atoms with van der Waals surface area (Å²) < 4.78 is 0. The minimum atomic E-state index is 0.135. The Morgan fingerprint density at radius 1 is 0.826 bits per heavy atom. The van der Waals surface area contributed by atoms with Crippen LogP contribution in [-0.2, 0) is 10.8 Å². The zero-order valence-electron chi connectivity index (χ0n) is 15.3. The van der Waals surface area contributed by atoms with E-state index in [-0.39, 0.29) is 10.8 Å². The van der Waals surface area contributed by atoms with E-state index < -0.39 is 0 Å². The largest absolute Gasteiger partial charge is 0.102 e. The monoisotopic (exact) mass is 304 g/mol. The molecule has 0 bridgehead atoms. The van der Waals surface area contributed by atoms with Gasteiger partial charge in [0, 0.05) is 5.92 Å². The average Bonchev–Trinajstić information content (AvgIpc) is 2.78. The van der Waals surface area contributed by atoms with Crippen LogP contribution in [0.2, 0.25) is 0 Å². The number of hydrogen-bond donors (Lipinski definition) is 0. The first-order valence-electron chi connectivity index (χ1n) is 8.56. The lowest BCUT2D eigenvalue weighted by atomic mass is 9.79. The van der Waals surface area contributed by atoms with Crippen LogP contribution in [0.15, 0.2) is 49.1 Å². The molecule has 0 saturated carbocycles. The van der Waals surface area contributed by atoms with Crippen LogP contribution in [0, 0.1) is 0 Å². The summed E-state index contributed by atoms with van der Waals surface area (Å²) in [5.41, 5.74) is 8.87. The van der Waals surface area contributed by atoms with Crippen molar-refractivity contribution in [1.82, 2.24) is 0 Å². The Morgan fingerprint density at radius 2 is 1.39 bits per heavy atom. The van der Waals surface area contributed by atoms with E-state index in [2.05, 4.69) is 90.6 Å². The molecule has 1 atom stereocenters. The van der Waals surface area contributed by atoms with Crippen LogP contribution in [0.4, 0.5) is 0 Å². The summed E-state index contributed by atoms with van der Waals surface area (Å²) in [5, 5.41) is 0. The third-order valence-electron chi connectivity index (χ3n) is 4.97. The van der Waals surface area contributed by atoms with E-state index in [4.69, 9.17) is 0 Å². The fourth-order valence-corrected chi connectivity index (χ4v) is 3.93. The van der Waals surface area contributed by atoms with Gasteiger partial charge >= 0.3 is 0 Å². The standard InChI is InChI=1S/C23H28/c1-8-15-16-11-9-13-19(23(5,6)7)21(16)17-12-10-14-18(20(15)17)22(2,3)4/h8-15H,1H2,2-7H3. The summed E-state index contributed by atoms with van der Waals surface area (Å²) in [4.78, 5) is 0. The lowest BCUT2D eigenvalue weighted by Crippen LogP contribution is -2.15. The summed E-state index contributed by atoms with van der Waals surface area (Å²) in [6, 6.07) is 13.6. The number of fused-ring (bicyclic) bond motifs is 3. The van der Waals surface area contributed by atoms with Gasteiger partial charge < -0.3 is 0 Å². The van der Waals surface area contributed by atoms with Gasteiger partial charge in [0.15, 0.2) is 0 Å². The molecule has 2 aromatic carbocycles. The van der Waals surface area contributed by atoms with Gasteiger partial charge in [0.05, 0.1) is 0 Å². The third-order valence-corrected chi connectivity index (χ3v) is 4.97. The molecule has 3 rings (SSSR count). The first-order chi connectivity index (χ1) is 10.7. The molecule has 0 radical (unpaired) electrons. The van der Waals surface area contributed by atoms with Gasteiger partial charge in [-0.05, 0) is 44.2 Å². The van der Waals surface area contributed by atoms with Gasteiger partial charge in [-0.25, -0.2) is 0 Å². The Balaban J connectivity index is 2.40. The molecule has 0 fully saturated rings. The first-order valence-corrected chi connectivity index (χ1v) is 8.56. The van der Waals surface area contributed by atoms with Crippen LogP contribution >= 0.6 is 0 Å². The molecule has 0 nitrogen and oxygen atoms in total. The molecule has 2 aromatic rings. The Bertz CT molecular complexity index is 764. The van der Waals surface area contributed by atoms with Crippen molar-refractivity contribution in [2.75, 3.05) is 0 Å². The molecule has 23 heavy (non-hydrogen) atoms. The topological polar surface area (TPSA) is 0 Å². The van der Waals surface area contributed by atoms with E-state index >= 15 is 0 Å². The second kappa shape index (κ2) is 5.09. The van der Waals surface area contributed by atoms with Gasteiger partial charge in [-0.2, -0.15) is 0 Å². The van der Waals surface area contributed by atoms with E-state index in [1.807, 2.05) is 0 Å². The van der Waals surface area contributed by atoms with Gasteiger partial charge in [0.25, 0.3) is 0 Å². The second-order valence-corrected chi connectivity index (χ2v) is 8.75. The number of hydrogen-bond acceptors (Lipinski definition) is 0. The highest BCUT2D eigenvalue weighted by molar-refractivity contribution is 5.84. The van der Waals surface area contributed by atoms with E-state index in [0.29, 0.717) is 5.92 Å². The average molecular weight is 304 g/mol. The maximum absolute atomic E-state index is 4.16. The van der Waals surface area contributed by atoms with Gasteiger partial charge in [0.1, 0.15) is 0 Å². The predicted octanol–water partition coefficient (Wildman–Crippen LogP) is 6.58. The Morgan fingerprint density at radius 3 is 1.96 bits per heavy atom. The van der Waals surface area contributed by atoms with Crippen LogP contribution in [0.25, 0.3) is 11.1 Å².